The lowest BCUT2D eigenvalue weighted by Crippen LogP contribution is -2.28. The first-order valence-electron chi connectivity index (χ1n) is 8.76. The van der Waals surface area contributed by atoms with Crippen molar-refractivity contribution >= 4 is 39.8 Å². The van der Waals surface area contributed by atoms with Gasteiger partial charge in [-0.05, 0) is 30.3 Å². The largest absolute Gasteiger partial charge is 0.573 e. The number of carbonyl (C=O) groups excluding carboxylic acids is 1. The van der Waals surface area contributed by atoms with Crippen LogP contribution in [0.25, 0.3) is 0 Å². The summed E-state index contributed by atoms with van der Waals surface area (Å²) in [5.74, 6) is -0.793. The molecule has 164 valence electrons. The van der Waals surface area contributed by atoms with Crippen molar-refractivity contribution in [1.29, 1.82) is 0 Å². The van der Waals surface area contributed by atoms with Gasteiger partial charge in [-0.25, -0.2) is 4.39 Å². The Labute approximate surface area is 183 Å². The highest BCUT2D eigenvalue weighted by Crippen LogP contribution is 2.29. The minimum Gasteiger partial charge on any atom is -0.406 e. The minimum atomic E-state index is -4.75. The van der Waals surface area contributed by atoms with E-state index in [0.29, 0.717) is 20.7 Å². The van der Waals surface area contributed by atoms with Gasteiger partial charge in [0.2, 0.25) is 11.0 Å². The fourth-order valence-corrected chi connectivity index (χ4v) is 4.10. The van der Waals surface area contributed by atoms with Crippen LogP contribution in [0.2, 0.25) is 0 Å². The second-order valence-corrected chi connectivity index (χ2v) is 8.40. The zero-order valence-electron chi connectivity index (χ0n) is 16.0. The molecule has 0 saturated carbocycles. The molecule has 2 aromatic carbocycles. The Morgan fingerprint density at radius 2 is 1.87 bits per heavy atom. The second kappa shape index (κ2) is 9.96. The molecule has 1 heterocycles. The van der Waals surface area contributed by atoms with Gasteiger partial charge in [0.25, 0.3) is 0 Å². The van der Waals surface area contributed by atoms with E-state index in [9.17, 15) is 22.4 Å². The third-order valence-electron chi connectivity index (χ3n) is 3.86. The van der Waals surface area contributed by atoms with E-state index >= 15 is 0 Å². The normalized spacial score (nSPS) is 11.3. The van der Waals surface area contributed by atoms with Crippen LogP contribution in [0.1, 0.15) is 5.56 Å². The predicted molar refractivity (Wildman–Crippen MR) is 110 cm³/mol. The number of rotatable bonds is 8. The van der Waals surface area contributed by atoms with Crippen molar-refractivity contribution in [3.63, 3.8) is 0 Å². The van der Waals surface area contributed by atoms with E-state index in [1.54, 1.807) is 25.2 Å². The highest BCUT2D eigenvalue weighted by atomic mass is 32.2. The molecule has 6 nitrogen and oxygen atoms in total. The number of hydrogen-bond acceptors (Lipinski definition) is 7. The molecule has 0 fully saturated rings. The second-order valence-electron chi connectivity index (χ2n) is 6.20. The van der Waals surface area contributed by atoms with Crippen molar-refractivity contribution in [2.75, 3.05) is 18.1 Å². The molecule has 12 heteroatoms. The average molecular weight is 472 g/mol. The molecular formula is C19H16F4N4O2S2. The van der Waals surface area contributed by atoms with E-state index in [1.807, 2.05) is 0 Å². The third-order valence-corrected chi connectivity index (χ3v) is 5.81. The van der Waals surface area contributed by atoms with E-state index < -0.39 is 6.36 Å². The Kier molecular flexibility index (Phi) is 7.33. The van der Waals surface area contributed by atoms with Gasteiger partial charge in [-0.1, -0.05) is 41.3 Å². The zero-order chi connectivity index (χ0) is 22.4. The smallest absolute Gasteiger partial charge is 0.406 e. The fourth-order valence-electron chi connectivity index (χ4n) is 2.39. The molecule has 0 aliphatic rings. The number of benzene rings is 2. The highest BCUT2D eigenvalue weighted by molar-refractivity contribution is 8.01. The molecule has 3 aromatic rings. The van der Waals surface area contributed by atoms with E-state index in [4.69, 9.17) is 0 Å². The SMILES string of the molecule is CN(Cc1ccccc1F)C(=O)CSc1nnc(Nc2ccc(OC(F)(F)F)cc2)s1. The summed E-state index contributed by atoms with van der Waals surface area (Å²) < 4.78 is 54.7. The summed E-state index contributed by atoms with van der Waals surface area (Å²) in [4.78, 5) is 13.7. The molecular weight excluding hydrogens is 456 g/mol. The van der Waals surface area contributed by atoms with Crippen LogP contribution in [-0.4, -0.2) is 40.2 Å². The van der Waals surface area contributed by atoms with Crippen molar-refractivity contribution < 1.29 is 27.1 Å². The molecule has 31 heavy (non-hydrogen) atoms. The van der Waals surface area contributed by atoms with Gasteiger partial charge in [0.05, 0.1) is 5.75 Å². The Balaban J connectivity index is 1.49. The fraction of sp³-hybridized carbons (Fsp3) is 0.211. The number of ether oxygens (including phenoxy) is 1. The lowest BCUT2D eigenvalue weighted by molar-refractivity contribution is -0.274. The summed E-state index contributed by atoms with van der Waals surface area (Å²) in [7, 11) is 1.59. The lowest BCUT2D eigenvalue weighted by atomic mass is 10.2. The van der Waals surface area contributed by atoms with Gasteiger partial charge in [0, 0.05) is 24.8 Å². The van der Waals surface area contributed by atoms with E-state index in [0.717, 1.165) is 0 Å². The molecule has 0 atom stereocenters. The number of thioether (sulfide) groups is 1. The number of nitrogens with zero attached hydrogens (tertiary/aromatic N) is 3. The minimum absolute atomic E-state index is 0.100. The van der Waals surface area contributed by atoms with Crippen LogP contribution in [0.15, 0.2) is 52.9 Å². The molecule has 0 spiro atoms. The number of amides is 1. The summed E-state index contributed by atoms with van der Waals surface area (Å²) in [5.41, 5.74) is 0.931. The maximum atomic E-state index is 13.7. The number of nitrogens with one attached hydrogen (secondary N) is 1. The van der Waals surface area contributed by atoms with Gasteiger partial charge in [0.1, 0.15) is 11.6 Å². The van der Waals surface area contributed by atoms with Crippen LogP contribution in [0.3, 0.4) is 0 Å². The van der Waals surface area contributed by atoms with Gasteiger partial charge in [-0.15, -0.1) is 23.4 Å². The molecule has 0 bridgehead atoms. The highest BCUT2D eigenvalue weighted by Gasteiger charge is 2.30. The predicted octanol–water partition coefficient (Wildman–Crippen LogP) is 5.07. The Morgan fingerprint density at radius 1 is 1.16 bits per heavy atom. The van der Waals surface area contributed by atoms with Gasteiger partial charge < -0.3 is 15.0 Å². The number of hydrogen-bond donors (Lipinski definition) is 1. The number of aromatic nitrogens is 2. The summed E-state index contributed by atoms with van der Waals surface area (Å²) in [5, 5.41) is 11.3. The molecule has 0 radical (unpaired) electrons. The van der Waals surface area contributed by atoms with Crippen molar-refractivity contribution in [2.24, 2.45) is 0 Å². The summed E-state index contributed by atoms with van der Waals surface area (Å²) >= 11 is 2.38. The van der Waals surface area contributed by atoms with E-state index in [2.05, 4.69) is 20.3 Å². The first kappa shape index (κ1) is 22.8. The lowest BCUT2D eigenvalue weighted by Gasteiger charge is -2.17. The average Bonchev–Trinajstić information content (AvgIpc) is 3.15. The quantitative estimate of drug-likeness (QED) is 0.365. The molecule has 1 amide bonds. The van der Waals surface area contributed by atoms with Crippen LogP contribution < -0.4 is 10.1 Å². The van der Waals surface area contributed by atoms with Crippen LogP contribution in [0.4, 0.5) is 28.4 Å². The van der Waals surface area contributed by atoms with Crippen molar-refractivity contribution in [2.45, 2.75) is 17.2 Å². The zero-order valence-corrected chi connectivity index (χ0v) is 17.7. The molecule has 0 aliphatic carbocycles. The summed E-state index contributed by atoms with van der Waals surface area (Å²) in [6, 6.07) is 11.4. The number of carbonyl (C=O) groups is 1. The van der Waals surface area contributed by atoms with Crippen LogP contribution in [-0.2, 0) is 11.3 Å². The molecule has 1 N–H and O–H groups in total. The van der Waals surface area contributed by atoms with Gasteiger partial charge in [0.15, 0.2) is 4.34 Å². The third kappa shape index (κ3) is 7.10. The first-order valence-corrected chi connectivity index (χ1v) is 10.6. The standard InChI is InChI=1S/C19H16F4N4O2S2/c1-27(10-12-4-2-3-5-15(12)20)16(28)11-30-18-26-25-17(31-18)24-13-6-8-14(9-7-13)29-19(21,22)23/h2-9H,10-11H2,1H3,(H,24,25). The number of halogens is 4. The maximum absolute atomic E-state index is 13.7. The topological polar surface area (TPSA) is 67.4 Å². The van der Waals surface area contributed by atoms with Gasteiger partial charge in [-0.3, -0.25) is 4.79 Å². The Hall–Kier alpha value is -2.86. The summed E-state index contributed by atoms with van der Waals surface area (Å²) in [6.45, 7) is 0.156. The van der Waals surface area contributed by atoms with Crippen molar-refractivity contribution in [3.8, 4) is 5.75 Å². The monoisotopic (exact) mass is 472 g/mol. The van der Waals surface area contributed by atoms with E-state index in [-0.39, 0.29) is 29.8 Å². The Bertz CT molecular complexity index is 1030. The van der Waals surface area contributed by atoms with Crippen LogP contribution in [0.5, 0.6) is 5.75 Å². The molecule has 0 aliphatic heterocycles. The van der Waals surface area contributed by atoms with Crippen molar-refractivity contribution in [3.05, 3.63) is 59.9 Å². The number of anilines is 2. The Morgan fingerprint density at radius 3 is 2.55 bits per heavy atom. The molecule has 3 rings (SSSR count). The van der Waals surface area contributed by atoms with Crippen molar-refractivity contribution in [1.82, 2.24) is 15.1 Å². The summed E-state index contributed by atoms with van der Waals surface area (Å²) in [6.07, 6.45) is -4.75. The molecule has 0 unspecified atom stereocenters. The van der Waals surface area contributed by atoms with Crippen LogP contribution in [0, 0.1) is 5.82 Å². The van der Waals surface area contributed by atoms with Gasteiger partial charge in [-0.2, -0.15) is 0 Å². The molecule has 0 saturated heterocycles. The van der Waals surface area contributed by atoms with Crippen LogP contribution >= 0.6 is 23.1 Å². The first-order chi connectivity index (χ1) is 14.7. The molecule has 1 aromatic heterocycles. The van der Waals surface area contributed by atoms with E-state index in [1.165, 1.54) is 58.3 Å². The number of alkyl halides is 3. The maximum Gasteiger partial charge on any atom is 0.573 e. The van der Waals surface area contributed by atoms with Gasteiger partial charge >= 0.3 is 6.36 Å².